The summed E-state index contributed by atoms with van der Waals surface area (Å²) in [4.78, 5) is 12.5. The van der Waals surface area contributed by atoms with Crippen LogP contribution in [-0.2, 0) is 14.8 Å². The molecule has 0 aliphatic carbocycles. The summed E-state index contributed by atoms with van der Waals surface area (Å²) in [7, 11) is -3.66. The van der Waals surface area contributed by atoms with Crippen molar-refractivity contribution in [3.63, 3.8) is 0 Å². The van der Waals surface area contributed by atoms with Crippen molar-refractivity contribution >= 4 is 54.8 Å². The van der Waals surface area contributed by atoms with Crippen molar-refractivity contribution in [2.75, 3.05) is 15.9 Å². The summed E-state index contributed by atoms with van der Waals surface area (Å²) < 4.78 is 26.1. The number of nitrogens with one attached hydrogen (secondary N) is 1. The molecule has 0 heterocycles. The Morgan fingerprint density at radius 1 is 1.17 bits per heavy atom. The topological polar surface area (TPSA) is 66.5 Å². The molecule has 0 fully saturated rings. The summed E-state index contributed by atoms with van der Waals surface area (Å²) >= 11 is 9.19. The highest BCUT2D eigenvalue weighted by Gasteiger charge is 2.29. The molecule has 0 saturated carbocycles. The minimum absolute atomic E-state index is 0.372. The van der Waals surface area contributed by atoms with Crippen LogP contribution >= 0.6 is 27.5 Å². The van der Waals surface area contributed by atoms with Crippen molar-refractivity contribution < 1.29 is 13.2 Å². The molecular formula is C16H16BrClN2O3S. The average molecular weight is 432 g/mol. The average Bonchev–Trinajstić information content (AvgIpc) is 2.50. The Hall–Kier alpha value is -1.57. The number of amides is 1. The van der Waals surface area contributed by atoms with Crippen molar-refractivity contribution in [3.05, 3.63) is 58.0 Å². The molecule has 2 aromatic carbocycles. The van der Waals surface area contributed by atoms with Crippen LogP contribution in [0.25, 0.3) is 0 Å². The molecule has 8 heteroatoms. The summed E-state index contributed by atoms with van der Waals surface area (Å²) in [6.45, 7) is 1.53. The molecule has 0 aliphatic rings. The quantitative estimate of drug-likeness (QED) is 0.781. The molecule has 0 radical (unpaired) electrons. The van der Waals surface area contributed by atoms with E-state index in [1.165, 1.54) is 6.92 Å². The van der Waals surface area contributed by atoms with Crippen LogP contribution in [0, 0.1) is 0 Å². The summed E-state index contributed by atoms with van der Waals surface area (Å²) in [5.41, 5.74) is 0.940. The van der Waals surface area contributed by atoms with E-state index >= 15 is 0 Å². The lowest BCUT2D eigenvalue weighted by molar-refractivity contribution is -0.116. The fourth-order valence-electron chi connectivity index (χ4n) is 2.20. The van der Waals surface area contributed by atoms with Crippen LogP contribution < -0.4 is 9.62 Å². The predicted octanol–water partition coefficient (Wildman–Crippen LogP) is 3.90. The number of carbonyl (C=O) groups excluding carboxylic acids is 1. The van der Waals surface area contributed by atoms with Gasteiger partial charge in [-0.1, -0.05) is 23.7 Å². The van der Waals surface area contributed by atoms with E-state index < -0.39 is 22.0 Å². The SMILES string of the molecule is C[C@H](C(=O)Nc1ccccc1Br)N(c1ccc(Cl)cc1)S(C)(=O)=O. The fourth-order valence-corrected chi connectivity index (χ4v) is 3.88. The maximum atomic E-state index is 12.5. The molecule has 0 aliphatic heterocycles. The van der Waals surface area contributed by atoms with Gasteiger partial charge in [-0.25, -0.2) is 8.42 Å². The van der Waals surface area contributed by atoms with Crippen molar-refractivity contribution in [3.8, 4) is 0 Å². The standard InChI is InChI=1S/C16H16BrClN2O3S/c1-11(16(21)19-15-6-4-3-5-14(15)17)20(24(2,22)23)13-9-7-12(18)8-10-13/h3-11H,1-2H3,(H,19,21)/t11-/m1/s1. The third-order valence-corrected chi connectivity index (χ3v) is 5.49. The monoisotopic (exact) mass is 430 g/mol. The first-order valence-corrected chi connectivity index (χ1v) is 10.0. The number of para-hydroxylation sites is 1. The maximum Gasteiger partial charge on any atom is 0.248 e. The van der Waals surface area contributed by atoms with Gasteiger partial charge in [0.05, 0.1) is 17.6 Å². The Bertz CT molecular complexity index is 841. The minimum atomic E-state index is -3.66. The number of rotatable bonds is 5. The van der Waals surface area contributed by atoms with Crippen LogP contribution in [0.15, 0.2) is 53.0 Å². The highest BCUT2D eigenvalue weighted by molar-refractivity contribution is 9.10. The third-order valence-electron chi connectivity index (χ3n) is 3.30. The van der Waals surface area contributed by atoms with E-state index in [1.807, 2.05) is 6.07 Å². The molecule has 128 valence electrons. The Balaban J connectivity index is 2.31. The first-order valence-electron chi connectivity index (χ1n) is 7.00. The van der Waals surface area contributed by atoms with Crippen LogP contribution in [-0.4, -0.2) is 26.6 Å². The second kappa shape index (κ2) is 7.55. The normalized spacial score (nSPS) is 12.5. The second-order valence-electron chi connectivity index (χ2n) is 5.18. The number of sulfonamides is 1. The van der Waals surface area contributed by atoms with Gasteiger partial charge in [0.25, 0.3) is 0 Å². The Morgan fingerprint density at radius 2 is 1.75 bits per heavy atom. The van der Waals surface area contributed by atoms with Crippen molar-refractivity contribution in [1.29, 1.82) is 0 Å². The van der Waals surface area contributed by atoms with E-state index in [9.17, 15) is 13.2 Å². The van der Waals surface area contributed by atoms with E-state index in [-0.39, 0.29) is 0 Å². The van der Waals surface area contributed by atoms with Gasteiger partial charge in [0.15, 0.2) is 0 Å². The predicted molar refractivity (Wildman–Crippen MR) is 101 cm³/mol. The highest BCUT2D eigenvalue weighted by atomic mass is 79.9. The lowest BCUT2D eigenvalue weighted by atomic mass is 10.2. The summed E-state index contributed by atoms with van der Waals surface area (Å²) in [6.07, 6.45) is 1.06. The summed E-state index contributed by atoms with van der Waals surface area (Å²) in [5.74, 6) is -0.442. The van der Waals surface area contributed by atoms with Gasteiger partial charge in [0.1, 0.15) is 6.04 Å². The number of carbonyl (C=O) groups is 1. The second-order valence-corrected chi connectivity index (χ2v) is 8.33. The number of anilines is 2. The van der Waals surface area contributed by atoms with Gasteiger partial charge >= 0.3 is 0 Å². The van der Waals surface area contributed by atoms with E-state index in [0.29, 0.717) is 20.9 Å². The van der Waals surface area contributed by atoms with Gasteiger partial charge < -0.3 is 5.32 Å². The molecule has 0 spiro atoms. The molecule has 1 N–H and O–H groups in total. The Kier molecular flexibility index (Phi) is 5.90. The first kappa shape index (κ1) is 18.8. The summed E-state index contributed by atoms with van der Waals surface area (Å²) in [5, 5.41) is 3.21. The van der Waals surface area contributed by atoms with E-state index in [0.717, 1.165) is 10.6 Å². The van der Waals surface area contributed by atoms with Crippen molar-refractivity contribution in [2.45, 2.75) is 13.0 Å². The molecule has 5 nitrogen and oxygen atoms in total. The number of hydrogen-bond donors (Lipinski definition) is 1. The van der Waals surface area contributed by atoms with Crippen LogP contribution in [0.2, 0.25) is 5.02 Å². The van der Waals surface area contributed by atoms with Gasteiger partial charge in [-0.15, -0.1) is 0 Å². The lowest BCUT2D eigenvalue weighted by Crippen LogP contribution is -2.45. The van der Waals surface area contributed by atoms with E-state index in [2.05, 4.69) is 21.2 Å². The molecule has 2 aromatic rings. The first-order chi connectivity index (χ1) is 11.2. The molecule has 0 bridgehead atoms. The molecule has 0 aromatic heterocycles. The molecule has 2 rings (SSSR count). The van der Waals surface area contributed by atoms with Crippen LogP contribution in [0.3, 0.4) is 0 Å². The zero-order chi connectivity index (χ0) is 17.9. The molecule has 0 saturated heterocycles. The molecule has 1 atom stereocenters. The van der Waals surface area contributed by atoms with Crippen molar-refractivity contribution in [2.24, 2.45) is 0 Å². The minimum Gasteiger partial charge on any atom is -0.323 e. The largest absolute Gasteiger partial charge is 0.323 e. The van der Waals surface area contributed by atoms with Crippen molar-refractivity contribution in [1.82, 2.24) is 0 Å². The number of benzene rings is 2. The maximum absolute atomic E-state index is 12.5. The number of nitrogens with zero attached hydrogens (tertiary/aromatic N) is 1. The fraction of sp³-hybridized carbons (Fsp3) is 0.188. The zero-order valence-electron chi connectivity index (χ0n) is 13.0. The smallest absolute Gasteiger partial charge is 0.248 e. The van der Waals surface area contributed by atoms with E-state index in [1.54, 1.807) is 42.5 Å². The van der Waals surface area contributed by atoms with Crippen LogP contribution in [0.4, 0.5) is 11.4 Å². The van der Waals surface area contributed by atoms with Gasteiger partial charge in [-0.05, 0) is 59.3 Å². The van der Waals surface area contributed by atoms with Gasteiger partial charge in [-0.3, -0.25) is 9.10 Å². The number of hydrogen-bond acceptors (Lipinski definition) is 3. The molecule has 24 heavy (non-hydrogen) atoms. The Labute approximate surface area is 154 Å². The van der Waals surface area contributed by atoms with Crippen LogP contribution in [0.5, 0.6) is 0 Å². The third kappa shape index (κ3) is 4.49. The zero-order valence-corrected chi connectivity index (χ0v) is 16.2. The molecule has 1 amide bonds. The lowest BCUT2D eigenvalue weighted by Gasteiger charge is -2.28. The molecular weight excluding hydrogens is 416 g/mol. The van der Waals surface area contributed by atoms with Gasteiger partial charge in [0.2, 0.25) is 15.9 Å². The summed E-state index contributed by atoms with van der Waals surface area (Å²) in [6, 6.07) is 12.4. The van der Waals surface area contributed by atoms with E-state index in [4.69, 9.17) is 11.6 Å². The van der Waals surface area contributed by atoms with Gasteiger partial charge in [-0.2, -0.15) is 0 Å². The number of halogens is 2. The molecule has 0 unspecified atom stereocenters. The van der Waals surface area contributed by atoms with Crippen LogP contribution in [0.1, 0.15) is 6.92 Å². The Morgan fingerprint density at radius 3 is 2.29 bits per heavy atom. The van der Waals surface area contributed by atoms with Gasteiger partial charge in [0, 0.05) is 9.50 Å². The highest BCUT2D eigenvalue weighted by Crippen LogP contribution is 2.25.